The molecule has 1 aliphatic carbocycles. The van der Waals surface area contributed by atoms with E-state index in [4.69, 9.17) is 0 Å². The van der Waals surface area contributed by atoms with E-state index in [0.717, 1.165) is 35.5 Å². The first-order valence-electron chi connectivity index (χ1n) is 6.00. The molecule has 0 nitrogen and oxygen atoms in total. The second kappa shape index (κ2) is 4.02. The summed E-state index contributed by atoms with van der Waals surface area (Å²) in [5, 5.41) is 0. The summed E-state index contributed by atoms with van der Waals surface area (Å²) in [6.45, 7) is 14.4. The smallest absolute Gasteiger partial charge is 0.0331 e. The molecule has 0 spiro atoms. The molecule has 1 saturated carbocycles. The van der Waals surface area contributed by atoms with Crippen molar-refractivity contribution in [3.8, 4) is 0 Å². The van der Waals surface area contributed by atoms with Crippen molar-refractivity contribution < 1.29 is 0 Å². The molecule has 0 aromatic carbocycles. The van der Waals surface area contributed by atoms with E-state index in [-0.39, 0.29) is 0 Å². The molecule has 0 aromatic heterocycles. The van der Waals surface area contributed by atoms with Crippen LogP contribution in [0, 0.1) is 35.5 Å². The Labute approximate surface area is 84.1 Å². The second-order valence-corrected chi connectivity index (χ2v) is 5.50. The lowest BCUT2D eigenvalue weighted by atomic mass is 9.51. The Kier molecular flexibility index (Phi) is 3.43. The van der Waals surface area contributed by atoms with Gasteiger partial charge in [0.25, 0.3) is 0 Å². The summed E-state index contributed by atoms with van der Waals surface area (Å²) in [5.74, 6) is 5.72. The first-order chi connectivity index (χ1) is 6.00. The molecule has 0 N–H and O–H groups in total. The highest BCUT2D eigenvalue weighted by Crippen LogP contribution is 2.53. The molecular formula is C13H26. The van der Waals surface area contributed by atoms with Gasteiger partial charge in [0.15, 0.2) is 0 Å². The van der Waals surface area contributed by atoms with Gasteiger partial charge in [-0.2, -0.15) is 0 Å². The average Bonchev–Trinajstić information content (AvgIpc) is 2.03. The van der Waals surface area contributed by atoms with E-state index in [1.54, 1.807) is 0 Å². The Hall–Kier alpha value is 0. The maximum atomic E-state index is 2.46. The minimum atomic E-state index is 0.880. The van der Waals surface area contributed by atoms with E-state index in [1.807, 2.05) is 0 Å². The lowest BCUT2D eigenvalue weighted by Gasteiger charge is -2.54. The zero-order valence-electron chi connectivity index (χ0n) is 10.2. The molecule has 3 atom stereocenters. The van der Waals surface area contributed by atoms with E-state index in [0.29, 0.717) is 0 Å². The van der Waals surface area contributed by atoms with Gasteiger partial charge in [-0.3, -0.25) is 0 Å². The summed E-state index contributed by atoms with van der Waals surface area (Å²) in [7, 11) is 0. The predicted molar refractivity (Wildman–Crippen MR) is 59.6 cm³/mol. The Morgan fingerprint density at radius 1 is 0.923 bits per heavy atom. The van der Waals surface area contributed by atoms with Gasteiger partial charge in [-0.15, -0.1) is 0 Å². The SMILES string of the molecule is CCC(C)C1C(C)C(C(C)C)C1C. The maximum Gasteiger partial charge on any atom is -0.0331 e. The third-order valence-electron chi connectivity index (χ3n) is 4.50. The molecule has 0 aliphatic heterocycles. The molecule has 0 amide bonds. The quantitative estimate of drug-likeness (QED) is 0.613. The van der Waals surface area contributed by atoms with Crippen LogP contribution >= 0.6 is 0 Å². The summed E-state index contributed by atoms with van der Waals surface area (Å²) in [4.78, 5) is 0. The topological polar surface area (TPSA) is 0 Å². The molecule has 0 radical (unpaired) electrons. The number of hydrogen-bond donors (Lipinski definition) is 0. The molecule has 0 heterocycles. The van der Waals surface area contributed by atoms with Gasteiger partial charge >= 0.3 is 0 Å². The van der Waals surface area contributed by atoms with Gasteiger partial charge in [0.1, 0.15) is 0 Å². The average molecular weight is 182 g/mol. The fourth-order valence-electron chi connectivity index (χ4n) is 3.85. The fraction of sp³-hybridized carbons (Fsp3) is 1.00. The molecule has 1 aliphatic rings. The van der Waals surface area contributed by atoms with Crippen LogP contribution in [0.1, 0.15) is 48.0 Å². The maximum absolute atomic E-state index is 2.46. The van der Waals surface area contributed by atoms with E-state index in [9.17, 15) is 0 Å². The van der Waals surface area contributed by atoms with Crippen LogP contribution < -0.4 is 0 Å². The van der Waals surface area contributed by atoms with Crippen molar-refractivity contribution in [2.24, 2.45) is 35.5 Å². The van der Waals surface area contributed by atoms with Crippen LogP contribution in [0.2, 0.25) is 0 Å². The Morgan fingerprint density at radius 3 is 1.69 bits per heavy atom. The first-order valence-corrected chi connectivity index (χ1v) is 6.00. The van der Waals surface area contributed by atoms with E-state index in [2.05, 4.69) is 41.5 Å². The van der Waals surface area contributed by atoms with Gasteiger partial charge in [-0.05, 0) is 35.5 Å². The van der Waals surface area contributed by atoms with Crippen molar-refractivity contribution in [3.63, 3.8) is 0 Å². The minimum Gasteiger partial charge on any atom is -0.0651 e. The highest BCUT2D eigenvalue weighted by molar-refractivity contribution is 4.95. The molecule has 3 unspecified atom stereocenters. The third kappa shape index (κ3) is 1.78. The van der Waals surface area contributed by atoms with Gasteiger partial charge in [-0.1, -0.05) is 48.0 Å². The first kappa shape index (κ1) is 11.1. The van der Waals surface area contributed by atoms with Crippen LogP contribution in [0.4, 0.5) is 0 Å². The third-order valence-corrected chi connectivity index (χ3v) is 4.50. The molecule has 78 valence electrons. The van der Waals surface area contributed by atoms with Crippen molar-refractivity contribution in [1.82, 2.24) is 0 Å². The van der Waals surface area contributed by atoms with Gasteiger partial charge in [0.2, 0.25) is 0 Å². The van der Waals surface area contributed by atoms with Crippen molar-refractivity contribution in [2.45, 2.75) is 48.0 Å². The van der Waals surface area contributed by atoms with Crippen LogP contribution in [0.5, 0.6) is 0 Å². The summed E-state index contributed by atoms with van der Waals surface area (Å²) in [5.41, 5.74) is 0. The summed E-state index contributed by atoms with van der Waals surface area (Å²) < 4.78 is 0. The summed E-state index contributed by atoms with van der Waals surface area (Å²) in [6.07, 6.45) is 1.35. The van der Waals surface area contributed by atoms with Crippen LogP contribution in [0.25, 0.3) is 0 Å². The zero-order chi connectivity index (χ0) is 10.2. The molecule has 0 saturated heterocycles. The van der Waals surface area contributed by atoms with E-state index >= 15 is 0 Å². The van der Waals surface area contributed by atoms with Gasteiger partial charge in [-0.25, -0.2) is 0 Å². The predicted octanol–water partition coefficient (Wildman–Crippen LogP) is 4.21. The Bertz CT molecular complexity index is 149. The molecular weight excluding hydrogens is 156 g/mol. The highest BCUT2D eigenvalue weighted by Gasteiger charge is 2.47. The summed E-state index contributed by atoms with van der Waals surface area (Å²) >= 11 is 0. The second-order valence-electron chi connectivity index (χ2n) is 5.50. The van der Waals surface area contributed by atoms with Crippen molar-refractivity contribution in [1.29, 1.82) is 0 Å². The molecule has 1 fully saturated rings. The molecule has 13 heavy (non-hydrogen) atoms. The number of rotatable bonds is 3. The van der Waals surface area contributed by atoms with Crippen molar-refractivity contribution >= 4 is 0 Å². The van der Waals surface area contributed by atoms with Gasteiger partial charge in [0.05, 0.1) is 0 Å². The largest absolute Gasteiger partial charge is 0.0651 e. The molecule has 0 heteroatoms. The van der Waals surface area contributed by atoms with Crippen LogP contribution in [0.15, 0.2) is 0 Å². The normalized spacial score (nSPS) is 41.8. The van der Waals surface area contributed by atoms with Crippen molar-refractivity contribution in [3.05, 3.63) is 0 Å². The molecule has 0 bridgehead atoms. The van der Waals surface area contributed by atoms with Crippen LogP contribution in [0.3, 0.4) is 0 Å². The fourth-order valence-corrected chi connectivity index (χ4v) is 3.85. The van der Waals surface area contributed by atoms with Crippen LogP contribution in [-0.2, 0) is 0 Å². The van der Waals surface area contributed by atoms with E-state index in [1.165, 1.54) is 6.42 Å². The van der Waals surface area contributed by atoms with Gasteiger partial charge < -0.3 is 0 Å². The Morgan fingerprint density at radius 2 is 1.38 bits per heavy atom. The Balaban J connectivity index is 2.56. The lowest BCUT2D eigenvalue weighted by molar-refractivity contribution is -0.0607. The van der Waals surface area contributed by atoms with Crippen molar-refractivity contribution in [2.75, 3.05) is 0 Å². The lowest BCUT2D eigenvalue weighted by Crippen LogP contribution is -2.49. The highest BCUT2D eigenvalue weighted by atomic mass is 14.5. The standard InChI is InChI=1S/C13H26/c1-7-9(4)13-10(5)12(8(2)3)11(13)6/h8-13H,7H2,1-6H3. The molecule has 1 rings (SSSR count). The van der Waals surface area contributed by atoms with E-state index < -0.39 is 0 Å². The minimum absolute atomic E-state index is 0.880. The summed E-state index contributed by atoms with van der Waals surface area (Å²) in [6, 6.07) is 0. The number of hydrogen-bond acceptors (Lipinski definition) is 0. The van der Waals surface area contributed by atoms with Crippen LogP contribution in [-0.4, -0.2) is 0 Å². The zero-order valence-corrected chi connectivity index (χ0v) is 10.2. The monoisotopic (exact) mass is 182 g/mol. The molecule has 0 aromatic rings. The van der Waals surface area contributed by atoms with Gasteiger partial charge in [0, 0.05) is 0 Å².